The van der Waals surface area contributed by atoms with E-state index in [0.29, 0.717) is 11.0 Å². The maximum Gasteiger partial charge on any atom is 0.175 e. The number of benzene rings is 2. The van der Waals surface area contributed by atoms with Crippen LogP contribution in [0.1, 0.15) is 36.0 Å². The summed E-state index contributed by atoms with van der Waals surface area (Å²) in [5.41, 5.74) is 4.15. The molecule has 0 atom stereocenters. The first kappa shape index (κ1) is 16.5. The van der Waals surface area contributed by atoms with Crippen LogP contribution in [0, 0.1) is 0 Å². The van der Waals surface area contributed by atoms with Crippen molar-refractivity contribution < 1.29 is 4.79 Å². The SMILES string of the molecule is Cn1c(-c2ccccc2)c(C(=O)CSC2CCCC2)c2ccccc21. The molecule has 0 amide bonds. The smallest absolute Gasteiger partial charge is 0.175 e. The molecule has 1 fully saturated rings. The highest BCUT2D eigenvalue weighted by Crippen LogP contribution is 2.35. The highest BCUT2D eigenvalue weighted by molar-refractivity contribution is 8.00. The molecule has 1 aliphatic rings. The van der Waals surface area contributed by atoms with Gasteiger partial charge in [-0.1, -0.05) is 61.4 Å². The van der Waals surface area contributed by atoms with E-state index in [-0.39, 0.29) is 5.78 Å². The van der Waals surface area contributed by atoms with Gasteiger partial charge in [-0.3, -0.25) is 4.79 Å². The molecule has 2 nitrogen and oxygen atoms in total. The standard InChI is InChI=1S/C22H23NOS/c1-23-19-14-8-7-13-18(19)21(22(23)16-9-3-2-4-10-16)20(24)15-25-17-11-5-6-12-17/h2-4,7-10,13-14,17H,5-6,11-12,15H2,1H3. The Bertz CT molecular complexity index is 891. The van der Waals surface area contributed by atoms with Crippen molar-refractivity contribution in [3.8, 4) is 11.3 Å². The Morgan fingerprint density at radius 3 is 2.48 bits per heavy atom. The van der Waals surface area contributed by atoms with Crippen molar-refractivity contribution in [2.75, 3.05) is 5.75 Å². The Balaban J connectivity index is 1.76. The Hall–Kier alpha value is -2.00. The number of para-hydroxylation sites is 1. The van der Waals surface area contributed by atoms with E-state index in [1.165, 1.54) is 25.7 Å². The van der Waals surface area contributed by atoms with Gasteiger partial charge >= 0.3 is 0 Å². The molecule has 0 bridgehead atoms. The second kappa shape index (κ2) is 7.09. The molecule has 1 heterocycles. The van der Waals surface area contributed by atoms with Crippen LogP contribution < -0.4 is 0 Å². The lowest BCUT2D eigenvalue weighted by atomic mass is 10.0. The first-order valence-electron chi connectivity index (χ1n) is 9.03. The lowest BCUT2D eigenvalue weighted by molar-refractivity contribution is 0.102. The van der Waals surface area contributed by atoms with E-state index in [1.807, 2.05) is 42.1 Å². The van der Waals surface area contributed by atoms with Crippen LogP contribution in [-0.4, -0.2) is 21.4 Å². The van der Waals surface area contributed by atoms with E-state index in [1.54, 1.807) is 0 Å². The fraction of sp³-hybridized carbons (Fsp3) is 0.318. The van der Waals surface area contributed by atoms with E-state index >= 15 is 0 Å². The summed E-state index contributed by atoms with van der Waals surface area (Å²) in [6.45, 7) is 0. The van der Waals surface area contributed by atoms with Crippen LogP contribution >= 0.6 is 11.8 Å². The topological polar surface area (TPSA) is 22.0 Å². The van der Waals surface area contributed by atoms with Crippen LogP contribution in [0.15, 0.2) is 54.6 Å². The minimum atomic E-state index is 0.257. The predicted molar refractivity (Wildman–Crippen MR) is 107 cm³/mol. The van der Waals surface area contributed by atoms with Gasteiger partial charge in [-0.2, -0.15) is 11.8 Å². The Labute approximate surface area is 153 Å². The number of aromatic nitrogens is 1. The Kier molecular flexibility index (Phi) is 4.67. The van der Waals surface area contributed by atoms with Gasteiger partial charge in [0.25, 0.3) is 0 Å². The molecule has 1 saturated carbocycles. The van der Waals surface area contributed by atoms with Gasteiger partial charge in [-0.05, 0) is 24.5 Å². The van der Waals surface area contributed by atoms with Gasteiger partial charge in [-0.15, -0.1) is 0 Å². The monoisotopic (exact) mass is 349 g/mol. The van der Waals surface area contributed by atoms with Crippen molar-refractivity contribution >= 4 is 28.4 Å². The molecular formula is C22H23NOS. The summed E-state index contributed by atoms with van der Waals surface area (Å²) in [4.78, 5) is 13.2. The number of ketones is 1. The van der Waals surface area contributed by atoms with Crippen LogP contribution in [0.3, 0.4) is 0 Å². The number of carbonyl (C=O) groups excluding carboxylic acids is 1. The summed E-state index contributed by atoms with van der Waals surface area (Å²) < 4.78 is 2.16. The van der Waals surface area contributed by atoms with Gasteiger partial charge in [0.2, 0.25) is 0 Å². The van der Waals surface area contributed by atoms with Crippen molar-refractivity contribution in [3.63, 3.8) is 0 Å². The first-order chi connectivity index (χ1) is 12.3. The van der Waals surface area contributed by atoms with Gasteiger partial charge in [0.1, 0.15) is 0 Å². The normalized spacial score (nSPS) is 15.1. The van der Waals surface area contributed by atoms with Gasteiger partial charge < -0.3 is 4.57 Å². The zero-order valence-electron chi connectivity index (χ0n) is 14.6. The second-order valence-electron chi connectivity index (χ2n) is 6.81. The van der Waals surface area contributed by atoms with Crippen molar-refractivity contribution in [2.45, 2.75) is 30.9 Å². The number of aryl methyl sites for hydroxylation is 1. The third-order valence-electron chi connectivity index (χ3n) is 5.19. The number of fused-ring (bicyclic) bond motifs is 1. The highest BCUT2D eigenvalue weighted by atomic mass is 32.2. The van der Waals surface area contributed by atoms with E-state index in [4.69, 9.17) is 0 Å². The second-order valence-corrected chi connectivity index (χ2v) is 8.10. The maximum atomic E-state index is 13.2. The molecule has 0 unspecified atom stereocenters. The molecule has 0 aliphatic heterocycles. The van der Waals surface area contributed by atoms with E-state index in [9.17, 15) is 4.79 Å². The van der Waals surface area contributed by atoms with Crippen LogP contribution in [0.5, 0.6) is 0 Å². The van der Waals surface area contributed by atoms with Crippen LogP contribution in [0.25, 0.3) is 22.2 Å². The number of hydrogen-bond acceptors (Lipinski definition) is 2. The fourth-order valence-electron chi connectivity index (χ4n) is 3.93. The van der Waals surface area contributed by atoms with Gasteiger partial charge in [-0.25, -0.2) is 0 Å². The fourth-order valence-corrected chi connectivity index (χ4v) is 5.13. The summed E-state index contributed by atoms with van der Waals surface area (Å²) in [5, 5.41) is 1.74. The summed E-state index contributed by atoms with van der Waals surface area (Å²) in [6.07, 6.45) is 5.16. The summed E-state index contributed by atoms with van der Waals surface area (Å²) in [7, 11) is 2.06. The highest BCUT2D eigenvalue weighted by Gasteiger charge is 2.23. The van der Waals surface area contributed by atoms with E-state index in [2.05, 4.69) is 35.9 Å². The lowest BCUT2D eigenvalue weighted by Crippen LogP contribution is -2.08. The molecule has 0 saturated heterocycles. The van der Waals surface area contributed by atoms with Crippen LogP contribution in [0.4, 0.5) is 0 Å². The van der Waals surface area contributed by atoms with Crippen molar-refractivity contribution in [3.05, 3.63) is 60.2 Å². The molecule has 128 valence electrons. The van der Waals surface area contributed by atoms with Crippen molar-refractivity contribution in [1.29, 1.82) is 0 Å². The molecule has 1 aromatic heterocycles. The quantitative estimate of drug-likeness (QED) is 0.551. The largest absolute Gasteiger partial charge is 0.343 e. The minimum absolute atomic E-state index is 0.257. The Morgan fingerprint density at radius 1 is 1.04 bits per heavy atom. The van der Waals surface area contributed by atoms with E-state index < -0.39 is 0 Å². The molecule has 2 aromatic carbocycles. The first-order valence-corrected chi connectivity index (χ1v) is 10.1. The maximum absolute atomic E-state index is 13.2. The molecule has 1 aliphatic carbocycles. The van der Waals surface area contributed by atoms with Gasteiger partial charge in [0, 0.05) is 23.2 Å². The molecule has 3 heteroatoms. The molecule has 0 N–H and O–H groups in total. The lowest BCUT2D eigenvalue weighted by Gasteiger charge is -2.10. The number of carbonyl (C=O) groups is 1. The molecule has 0 spiro atoms. The number of rotatable bonds is 5. The van der Waals surface area contributed by atoms with Crippen molar-refractivity contribution in [1.82, 2.24) is 4.57 Å². The van der Waals surface area contributed by atoms with Crippen LogP contribution in [0.2, 0.25) is 0 Å². The zero-order chi connectivity index (χ0) is 17.2. The molecular weight excluding hydrogens is 326 g/mol. The Morgan fingerprint density at radius 2 is 1.72 bits per heavy atom. The van der Waals surface area contributed by atoms with Crippen LogP contribution in [-0.2, 0) is 7.05 Å². The number of nitrogens with zero attached hydrogens (tertiary/aromatic N) is 1. The summed E-state index contributed by atoms with van der Waals surface area (Å²) in [5.74, 6) is 0.839. The predicted octanol–water partition coefficient (Wildman–Crippen LogP) is 5.70. The van der Waals surface area contributed by atoms with E-state index in [0.717, 1.165) is 27.7 Å². The number of hydrogen-bond donors (Lipinski definition) is 0. The molecule has 3 aromatic rings. The third-order valence-corrected chi connectivity index (χ3v) is 6.56. The molecule has 4 rings (SSSR count). The third kappa shape index (κ3) is 3.13. The average Bonchev–Trinajstić information content (AvgIpc) is 3.27. The average molecular weight is 349 g/mol. The number of thioether (sulfide) groups is 1. The molecule has 25 heavy (non-hydrogen) atoms. The number of Topliss-reactive ketones (excluding diaryl/α,β-unsaturated/α-hetero) is 1. The van der Waals surface area contributed by atoms with Gasteiger partial charge in [0.15, 0.2) is 5.78 Å². The van der Waals surface area contributed by atoms with Crippen molar-refractivity contribution in [2.24, 2.45) is 7.05 Å². The summed E-state index contributed by atoms with van der Waals surface area (Å²) in [6, 6.07) is 18.5. The zero-order valence-corrected chi connectivity index (χ0v) is 15.4. The summed E-state index contributed by atoms with van der Waals surface area (Å²) >= 11 is 1.85. The molecule has 0 radical (unpaired) electrons. The van der Waals surface area contributed by atoms with Gasteiger partial charge in [0.05, 0.1) is 17.0 Å². The minimum Gasteiger partial charge on any atom is -0.343 e.